The second kappa shape index (κ2) is 6.33. The lowest BCUT2D eigenvalue weighted by molar-refractivity contribution is -0.150. The van der Waals surface area contributed by atoms with E-state index in [4.69, 9.17) is 9.47 Å². The molecule has 0 bridgehead atoms. The van der Waals surface area contributed by atoms with Gasteiger partial charge in [-0.1, -0.05) is 0 Å². The minimum absolute atomic E-state index is 0.0962. The van der Waals surface area contributed by atoms with E-state index < -0.39 is 0 Å². The van der Waals surface area contributed by atoms with Gasteiger partial charge in [-0.25, -0.2) is 0 Å². The summed E-state index contributed by atoms with van der Waals surface area (Å²) in [5.41, 5.74) is 0. The first-order valence-electron chi connectivity index (χ1n) is 6.50. The third-order valence-electron chi connectivity index (χ3n) is 3.32. The van der Waals surface area contributed by atoms with E-state index in [9.17, 15) is 4.79 Å². The fourth-order valence-electron chi connectivity index (χ4n) is 2.32. The number of rotatable bonds is 3. The van der Waals surface area contributed by atoms with Gasteiger partial charge >= 0.3 is 0 Å². The summed E-state index contributed by atoms with van der Waals surface area (Å²) in [5, 5.41) is 3.29. The van der Waals surface area contributed by atoms with Crippen LogP contribution in [0, 0.1) is 0 Å². The molecule has 2 aliphatic rings. The largest absolute Gasteiger partial charge is 0.378 e. The molecule has 0 radical (unpaired) electrons. The highest BCUT2D eigenvalue weighted by Gasteiger charge is 2.26. The van der Waals surface area contributed by atoms with Crippen LogP contribution in [-0.2, 0) is 14.3 Å². The third kappa shape index (κ3) is 3.66. The standard InChI is InChI=1S/C12H22N2O3/c1-10(17-11-3-2-4-13-9-11)12(15)14-5-7-16-8-6-14/h10-11,13H,2-9H2,1H3/t10?,11-/m0/s1. The van der Waals surface area contributed by atoms with Gasteiger partial charge in [-0.15, -0.1) is 0 Å². The quantitative estimate of drug-likeness (QED) is 0.757. The van der Waals surface area contributed by atoms with E-state index in [1.807, 2.05) is 11.8 Å². The molecule has 0 spiro atoms. The summed E-state index contributed by atoms with van der Waals surface area (Å²) >= 11 is 0. The molecule has 2 fully saturated rings. The highest BCUT2D eigenvalue weighted by Crippen LogP contribution is 2.11. The zero-order chi connectivity index (χ0) is 12.1. The average molecular weight is 242 g/mol. The van der Waals surface area contributed by atoms with Crippen molar-refractivity contribution in [3.8, 4) is 0 Å². The molecule has 2 aliphatic heterocycles. The van der Waals surface area contributed by atoms with Crippen molar-refractivity contribution in [2.24, 2.45) is 0 Å². The van der Waals surface area contributed by atoms with Crippen molar-refractivity contribution < 1.29 is 14.3 Å². The molecule has 1 N–H and O–H groups in total. The minimum atomic E-state index is -0.335. The third-order valence-corrected chi connectivity index (χ3v) is 3.32. The van der Waals surface area contributed by atoms with Crippen molar-refractivity contribution in [1.82, 2.24) is 10.2 Å². The van der Waals surface area contributed by atoms with Crippen LogP contribution in [0.25, 0.3) is 0 Å². The zero-order valence-electron chi connectivity index (χ0n) is 10.5. The van der Waals surface area contributed by atoms with Crippen LogP contribution < -0.4 is 5.32 Å². The monoisotopic (exact) mass is 242 g/mol. The summed E-state index contributed by atoms with van der Waals surface area (Å²) in [5.74, 6) is 0.0962. The highest BCUT2D eigenvalue weighted by molar-refractivity contribution is 5.80. The van der Waals surface area contributed by atoms with E-state index in [0.29, 0.717) is 26.3 Å². The maximum Gasteiger partial charge on any atom is 0.251 e. The molecule has 5 heteroatoms. The molecule has 2 saturated heterocycles. The minimum Gasteiger partial charge on any atom is -0.378 e. The Balaban J connectivity index is 1.77. The first-order chi connectivity index (χ1) is 8.27. The number of nitrogens with one attached hydrogen (secondary N) is 1. The van der Waals surface area contributed by atoms with Crippen LogP contribution in [-0.4, -0.2) is 62.4 Å². The van der Waals surface area contributed by atoms with E-state index >= 15 is 0 Å². The molecule has 0 aromatic heterocycles. The molecular weight excluding hydrogens is 220 g/mol. The van der Waals surface area contributed by atoms with E-state index in [-0.39, 0.29) is 18.1 Å². The second-order valence-electron chi connectivity index (χ2n) is 4.68. The highest BCUT2D eigenvalue weighted by atomic mass is 16.5. The molecule has 0 aliphatic carbocycles. The van der Waals surface area contributed by atoms with Gasteiger partial charge in [0.25, 0.3) is 5.91 Å². The van der Waals surface area contributed by atoms with Gasteiger partial charge in [0.15, 0.2) is 0 Å². The molecule has 1 amide bonds. The molecule has 1 unspecified atom stereocenters. The number of morpholine rings is 1. The number of amides is 1. The molecule has 0 aromatic rings. The van der Waals surface area contributed by atoms with Crippen molar-refractivity contribution in [1.29, 1.82) is 0 Å². The van der Waals surface area contributed by atoms with Gasteiger partial charge in [0.1, 0.15) is 6.10 Å². The fraction of sp³-hybridized carbons (Fsp3) is 0.917. The molecule has 0 saturated carbocycles. The van der Waals surface area contributed by atoms with Crippen molar-refractivity contribution in [3.05, 3.63) is 0 Å². The van der Waals surface area contributed by atoms with Crippen molar-refractivity contribution in [2.75, 3.05) is 39.4 Å². The van der Waals surface area contributed by atoms with Gasteiger partial charge in [0.05, 0.1) is 19.3 Å². The summed E-state index contributed by atoms with van der Waals surface area (Å²) in [4.78, 5) is 13.9. The molecule has 0 aromatic carbocycles. The number of ether oxygens (including phenoxy) is 2. The number of hydrogen-bond acceptors (Lipinski definition) is 4. The maximum absolute atomic E-state index is 12.1. The van der Waals surface area contributed by atoms with Crippen LogP contribution in [0.4, 0.5) is 0 Å². The van der Waals surface area contributed by atoms with Crippen LogP contribution in [0.5, 0.6) is 0 Å². The van der Waals surface area contributed by atoms with Crippen molar-refractivity contribution in [2.45, 2.75) is 32.0 Å². The summed E-state index contributed by atoms with van der Waals surface area (Å²) in [6, 6.07) is 0. The van der Waals surface area contributed by atoms with Gasteiger partial charge in [-0.05, 0) is 26.3 Å². The molecule has 2 atom stereocenters. The van der Waals surface area contributed by atoms with Crippen LogP contribution in [0.3, 0.4) is 0 Å². The number of nitrogens with zero attached hydrogens (tertiary/aromatic N) is 1. The zero-order valence-corrected chi connectivity index (χ0v) is 10.5. The van der Waals surface area contributed by atoms with Crippen LogP contribution in [0.2, 0.25) is 0 Å². The number of carbonyl (C=O) groups excluding carboxylic acids is 1. The van der Waals surface area contributed by atoms with Crippen LogP contribution in [0.1, 0.15) is 19.8 Å². The Bertz CT molecular complexity index is 248. The SMILES string of the molecule is CC(O[C@H]1CCCNC1)C(=O)N1CCOCC1. The lowest BCUT2D eigenvalue weighted by atomic mass is 10.1. The summed E-state index contributed by atoms with van der Waals surface area (Å²) in [6.07, 6.45) is 2.03. The van der Waals surface area contributed by atoms with Gasteiger partial charge in [0.2, 0.25) is 0 Å². The summed E-state index contributed by atoms with van der Waals surface area (Å²) in [6.45, 7) is 6.44. The number of hydrogen-bond donors (Lipinski definition) is 1. The van der Waals surface area contributed by atoms with Crippen molar-refractivity contribution >= 4 is 5.91 Å². The van der Waals surface area contributed by atoms with Crippen molar-refractivity contribution in [3.63, 3.8) is 0 Å². The number of carbonyl (C=O) groups is 1. The second-order valence-corrected chi connectivity index (χ2v) is 4.68. The topological polar surface area (TPSA) is 50.8 Å². The lowest BCUT2D eigenvalue weighted by Gasteiger charge is -2.31. The Kier molecular flexibility index (Phi) is 4.76. The Morgan fingerprint density at radius 1 is 1.47 bits per heavy atom. The maximum atomic E-state index is 12.1. The van der Waals surface area contributed by atoms with E-state index in [1.54, 1.807) is 0 Å². The Hall–Kier alpha value is -0.650. The Morgan fingerprint density at radius 3 is 2.88 bits per heavy atom. The summed E-state index contributed by atoms with van der Waals surface area (Å²) in [7, 11) is 0. The molecular formula is C12H22N2O3. The predicted molar refractivity (Wildman–Crippen MR) is 63.8 cm³/mol. The van der Waals surface area contributed by atoms with E-state index in [2.05, 4.69) is 5.32 Å². The Labute approximate surface area is 102 Å². The fourth-order valence-corrected chi connectivity index (χ4v) is 2.32. The predicted octanol–water partition coefficient (Wildman–Crippen LogP) is 0.00230. The van der Waals surface area contributed by atoms with E-state index in [0.717, 1.165) is 25.9 Å². The van der Waals surface area contributed by atoms with Gasteiger partial charge in [0, 0.05) is 19.6 Å². The molecule has 98 valence electrons. The Morgan fingerprint density at radius 2 is 2.24 bits per heavy atom. The smallest absolute Gasteiger partial charge is 0.251 e. The van der Waals surface area contributed by atoms with Gasteiger partial charge in [-0.2, -0.15) is 0 Å². The first kappa shape index (κ1) is 12.8. The van der Waals surface area contributed by atoms with Gasteiger partial charge < -0.3 is 19.7 Å². The normalized spacial score (nSPS) is 27.8. The van der Waals surface area contributed by atoms with E-state index in [1.165, 1.54) is 0 Å². The van der Waals surface area contributed by atoms with Gasteiger partial charge in [-0.3, -0.25) is 4.79 Å². The lowest BCUT2D eigenvalue weighted by Crippen LogP contribution is -2.47. The van der Waals surface area contributed by atoms with Crippen LogP contribution >= 0.6 is 0 Å². The molecule has 17 heavy (non-hydrogen) atoms. The molecule has 2 heterocycles. The molecule has 2 rings (SSSR count). The first-order valence-corrected chi connectivity index (χ1v) is 6.50. The molecule has 5 nitrogen and oxygen atoms in total. The number of piperidine rings is 1. The summed E-state index contributed by atoms with van der Waals surface area (Å²) < 4.78 is 11.0. The van der Waals surface area contributed by atoms with Crippen LogP contribution in [0.15, 0.2) is 0 Å². The average Bonchev–Trinajstić information content (AvgIpc) is 2.40.